The van der Waals surface area contributed by atoms with Crippen molar-refractivity contribution in [2.45, 2.75) is 51.2 Å². The summed E-state index contributed by atoms with van der Waals surface area (Å²) in [4.78, 5) is 0.324. The van der Waals surface area contributed by atoms with Crippen LogP contribution in [0.4, 0.5) is 0 Å². The molecule has 20 heavy (non-hydrogen) atoms. The summed E-state index contributed by atoms with van der Waals surface area (Å²) < 4.78 is 27.4. The van der Waals surface area contributed by atoms with Crippen LogP contribution in [0.5, 0.6) is 0 Å². The molecule has 1 fully saturated rings. The summed E-state index contributed by atoms with van der Waals surface area (Å²) in [6.07, 6.45) is 1.97. The summed E-state index contributed by atoms with van der Waals surface area (Å²) in [5.74, 6) is 0.391. The lowest BCUT2D eigenvalue weighted by molar-refractivity contribution is 0.218. The third kappa shape index (κ3) is 2.90. The van der Waals surface area contributed by atoms with Gasteiger partial charge in [0.15, 0.2) is 0 Å². The lowest BCUT2D eigenvalue weighted by Crippen LogP contribution is -2.45. The molecule has 0 saturated carbocycles. The van der Waals surface area contributed by atoms with Crippen LogP contribution in [0.3, 0.4) is 0 Å². The van der Waals surface area contributed by atoms with Gasteiger partial charge in [0, 0.05) is 12.6 Å². The molecular formula is C15H23NO3S. The summed E-state index contributed by atoms with van der Waals surface area (Å²) >= 11 is 0. The Labute approximate surface area is 121 Å². The van der Waals surface area contributed by atoms with E-state index in [1.54, 1.807) is 29.4 Å². The summed E-state index contributed by atoms with van der Waals surface area (Å²) in [6, 6.07) is 5.15. The minimum Gasteiger partial charge on any atom is -0.392 e. The van der Waals surface area contributed by atoms with E-state index in [1.165, 1.54) is 0 Å². The van der Waals surface area contributed by atoms with Crippen molar-refractivity contribution in [3.05, 3.63) is 29.3 Å². The summed E-state index contributed by atoms with van der Waals surface area (Å²) in [6.45, 7) is 6.28. The molecule has 0 aromatic heterocycles. The van der Waals surface area contributed by atoms with E-state index in [-0.39, 0.29) is 12.6 Å². The molecule has 4 nitrogen and oxygen atoms in total. The molecule has 1 aliphatic rings. The molecule has 1 saturated heterocycles. The number of piperidine rings is 1. The molecule has 2 atom stereocenters. The van der Waals surface area contributed by atoms with Crippen molar-refractivity contribution in [2.75, 3.05) is 6.54 Å². The van der Waals surface area contributed by atoms with E-state index in [2.05, 4.69) is 6.92 Å². The smallest absolute Gasteiger partial charge is 0.243 e. The summed E-state index contributed by atoms with van der Waals surface area (Å²) in [5, 5.41) is 9.21. The van der Waals surface area contributed by atoms with Crippen LogP contribution in [0.2, 0.25) is 0 Å². The lowest BCUT2D eigenvalue weighted by atomic mass is 9.97. The highest BCUT2D eigenvalue weighted by Gasteiger charge is 2.34. The van der Waals surface area contributed by atoms with Crippen molar-refractivity contribution in [1.29, 1.82) is 0 Å². The number of nitrogens with zero attached hydrogens (tertiary/aromatic N) is 1. The van der Waals surface area contributed by atoms with Gasteiger partial charge in [0.2, 0.25) is 10.0 Å². The van der Waals surface area contributed by atoms with E-state index >= 15 is 0 Å². The fraction of sp³-hybridized carbons (Fsp3) is 0.600. The Balaban J connectivity index is 2.43. The SMILES string of the molecule is Cc1ccc(CO)cc1S(=O)(=O)N1CC(C)CCC1C. The van der Waals surface area contributed by atoms with Gasteiger partial charge in [-0.15, -0.1) is 0 Å². The van der Waals surface area contributed by atoms with Crippen LogP contribution in [0.25, 0.3) is 0 Å². The highest BCUT2D eigenvalue weighted by molar-refractivity contribution is 7.89. The normalized spacial score (nSPS) is 24.8. The van der Waals surface area contributed by atoms with E-state index in [0.717, 1.165) is 18.4 Å². The Hall–Kier alpha value is -0.910. The number of sulfonamides is 1. The first-order valence-electron chi connectivity index (χ1n) is 7.08. The van der Waals surface area contributed by atoms with E-state index < -0.39 is 10.0 Å². The van der Waals surface area contributed by atoms with Crippen LogP contribution in [0, 0.1) is 12.8 Å². The third-order valence-corrected chi connectivity index (χ3v) is 6.20. The van der Waals surface area contributed by atoms with Crippen LogP contribution in [-0.4, -0.2) is 30.4 Å². The van der Waals surface area contributed by atoms with Gasteiger partial charge in [0.1, 0.15) is 0 Å². The Morgan fingerprint density at radius 1 is 1.30 bits per heavy atom. The average molecular weight is 297 g/mol. The minimum atomic E-state index is -3.49. The number of aryl methyl sites for hydroxylation is 1. The van der Waals surface area contributed by atoms with Gasteiger partial charge in [0.05, 0.1) is 11.5 Å². The molecule has 2 unspecified atom stereocenters. The Morgan fingerprint density at radius 3 is 2.65 bits per heavy atom. The number of aliphatic hydroxyl groups excluding tert-OH is 1. The number of rotatable bonds is 3. The zero-order valence-electron chi connectivity index (χ0n) is 12.3. The van der Waals surface area contributed by atoms with Crippen LogP contribution in [0.15, 0.2) is 23.1 Å². The fourth-order valence-corrected chi connectivity index (χ4v) is 4.79. The first-order chi connectivity index (χ1) is 9.36. The Bertz CT molecular complexity index is 583. The van der Waals surface area contributed by atoms with Gasteiger partial charge >= 0.3 is 0 Å². The average Bonchev–Trinajstić information content (AvgIpc) is 2.41. The van der Waals surface area contributed by atoms with Gasteiger partial charge < -0.3 is 5.11 Å². The molecule has 1 aromatic rings. The molecule has 0 spiro atoms. The molecule has 112 valence electrons. The van der Waals surface area contributed by atoms with E-state index in [0.29, 0.717) is 22.9 Å². The number of aliphatic hydroxyl groups is 1. The minimum absolute atomic E-state index is 0.0355. The van der Waals surface area contributed by atoms with E-state index in [1.807, 2.05) is 6.92 Å². The molecule has 0 bridgehead atoms. The van der Waals surface area contributed by atoms with Crippen molar-refractivity contribution >= 4 is 10.0 Å². The van der Waals surface area contributed by atoms with Crippen molar-refractivity contribution in [1.82, 2.24) is 4.31 Å². The van der Waals surface area contributed by atoms with Crippen LogP contribution in [-0.2, 0) is 16.6 Å². The zero-order chi connectivity index (χ0) is 14.9. The zero-order valence-corrected chi connectivity index (χ0v) is 13.2. The molecule has 2 rings (SSSR count). The summed E-state index contributed by atoms with van der Waals surface area (Å²) in [7, 11) is -3.49. The number of hydrogen-bond acceptors (Lipinski definition) is 3. The van der Waals surface area contributed by atoms with Gasteiger partial charge in [0.25, 0.3) is 0 Å². The summed E-state index contributed by atoms with van der Waals surface area (Å²) in [5.41, 5.74) is 1.36. The molecular weight excluding hydrogens is 274 g/mol. The first-order valence-corrected chi connectivity index (χ1v) is 8.52. The maximum Gasteiger partial charge on any atom is 0.243 e. The van der Waals surface area contributed by atoms with Crippen molar-refractivity contribution in [2.24, 2.45) is 5.92 Å². The fourth-order valence-electron chi connectivity index (χ4n) is 2.73. The van der Waals surface area contributed by atoms with Crippen molar-refractivity contribution in [3.63, 3.8) is 0 Å². The third-order valence-electron chi connectivity index (χ3n) is 4.08. The number of hydrogen-bond donors (Lipinski definition) is 1. The van der Waals surface area contributed by atoms with Crippen LogP contribution >= 0.6 is 0 Å². The predicted octanol–water partition coefficient (Wildman–Crippen LogP) is 2.30. The maximum absolute atomic E-state index is 12.9. The topological polar surface area (TPSA) is 57.6 Å². The Morgan fingerprint density at radius 2 is 2.00 bits per heavy atom. The molecule has 0 aliphatic carbocycles. The molecule has 0 amide bonds. The van der Waals surface area contributed by atoms with Crippen LogP contribution in [0.1, 0.15) is 37.8 Å². The highest BCUT2D eigenvalue weighted by atomic mass is 32.2. The molecule has 1 heterocycles. The lowest BCUT2D eigenvalue weighted by Gasteiger charge is -2.36. The first kappa shape index (κ1) is 15.5. The highest BCUT2D eigenvalue weighted by Crippen LogP contribution is 2.29. The number of benzene rings is 1. The molecule has 1 aromatic carbocycles. The molecule has 5 heteroatoms. The molecule has 0 radical (unpaired) electrons. The molecule has 1 aliphatic heterocycles. The van der Waals surface area contributed by atoms with Gasteiger partial charge in [-0.05, 0) is 49.8 Å². The van der Waals surface area contributed by atoms with E-state index in [9.17, 15) is 13.5 Å². The second-order valence-corrected chi connectivity index (χ2v) is 7.72. The molecule has 1 N–H and O–H groups in total. The predicted molar refractivity (Wildman–Crippen MR) is 78.9 cm³/mol. The van der Waals surface area contributed by atoms with Gasteiger partial charge in [-0.2, -0.15) is 4.31 Å². The van der Waals surface area contributed by atoms with Gasteiger partial charge in [-0.25, -0.2) is 8.42 Å². The largest absolute Gasteiger partial charge is 0.392 e. The second-order valence-electron chi connectivity index (χ2n) is 5.86. The van der Waals surface area contributed by atoms with E-state index in [4.69, 9.17) is 0 Å². The van der Waals surface area contributed by atoms with Gasteiger partial charge in [-0.1, -0.05) is 19.1 Å². The van der Waals surface area contributed by atoms with Crippen molar-refractivity contribution in [3.8, 4) is 0 Å². The quantitative estimate of drug-likeness (QED) is 0.931. The standard InChI is InChI=1S/C15H23NO3S/c1-11-4-6-13(3)16(9-11)20(18,19)15-8-14(10-17)7-5-12(15)2/h5,7-8,11,13,17H,4,6,9-10H2,1-3H3. The van der Waals surface area contributed by atoms with Crippen LogP contribution < -0.4 is 0 Å². The second kappa shape index (κ2) is 5.84. The monoisotopic (exact) mass is 297 g/mol. The maximum atomic E-state index is 12.9. The van der Waals surface area contributed by atoms with Gasteiger partial charge in [-0.3, -0.25) is 0 Å². The Kier molecular flexibility index (Phi) is 4.52. The van der Waals surface area contributed by atoms with Crippen molar-refractivity contribution < 1.29 is 13.5 Å².